The van der Waals surface area contributed by atoms with Crippen LogP contribution in [0.5, 0.6) is 0 Å². The molecule has 9 heteroatoms. The Hall–Kier alpha value is -1.90. The minimum absolute atomic E-state index is 0.253. The molecule has 1 aromatic heterocycles. The minimum Gasteiger partial charge on any atom is -0.292 e. The lowest BCUT2D eigenvalue weighted by molar-refractivity contribution is -0.144. The second kappa shape index (κ2) is 5.14. The average molecular weight is 367 g/mol. The molecular formula is C12H7BrF4N2O2. The zero-order valence-corrected chi connectivity index (χ0v) is 12.0. The Morgan fingerprint density at radius 2 is 1.76 bits per heavy atom. The molecule has 21 heavy (non-hydrogen) atoms. The van der Waals surface area contributed by atoms with Crippen LogP contribution in [0.2, 0.25) is 0 Å². The summed E-state index contributed by atoms with van der Waals surface area (Å²) in [5.74, 6) is -0.914. The highest BCUT2D eigenvalue weighted by molar-refractivity contribution is 9.10. The van der Waals surface area contributed by atoms with Crippen molar-refractivity contribution in [3.8, 4) is 5.69 Å². The first kappa shape index (κ1) is 15.5. The summed E-state index contributed by atoms with van der Waals surface area (Å²) < 4.78 is 52.8. The molecule has 0 aliphatic rings. The average Bonchev–Trinajstić information content (AvgIpc) is 2.35. The molecule has 0 atom stereocenters. The molecule has 2 aromatic rings. The monoisotopic (exact) mass is 366 g/mol. The fourth-order valence-corrected chi connectivity index (χ4v) is 2.12. The maximum Gasteiger partial charge on any atom is 0.431 e. The summed E-state index contributed by atoms with van der Waals surface area (Å²) in [6, 6.07) is 3.74. The predicted octanol–water partition coefficient (Wildman–Crippen LogP) is 2.46. The van der Waals surface area contributed by atoms with Gasteiger partial charge in [-0.2, -0.15) is 13.2 Å². The van der Waals surface area contributed by atoms with Crippen molar-refractivity contribution in [2.24, 2.45) is 7.05 Å². The van der Waals surface area contributed by atoms with E-state index in [1.54, 1.807) is 0 Å². The lowest BCUT2D eigenvalue weighted by Crippen LogP contribution is -2.41. The molecule has 0 radical (unpaired) electrons. The summed E-state index contributed by atoms with van der Waals surface area (Å²) in [7, 11) is 0.859. The summed E-state index contributed by atoms with van der Waals surface area (Å²) in [5.41, 5.74) is -4.36. The van der Waals surface area contributed by atoms with E-state index in [0.29, 0.717) is 9.04 Å². The second-order valence-corrected chi connectivity index (χ2v) is 5.05. The van der Waals surface area contributed by atoms with E-state index in [1.165, 1.54) is 6.07 Å². The van der Waals surface area contributed by atoms with E-state index in [1.807, 2.05) is 0 Å². The fraction of sp³-hybridized carbons (Fsp3) is 0.167. The van der Waals surface area contributed by atoms with Crippen molar-refractivity contribution in [3.05, 3.63) is 61.1 Å². The first-order chi connectivity index (χ1) is 9.62. The van der Waals surface area contributed by atoms with Gasteiger partial charge in [0, 0.05) is 17.6 Å². The molecule has 4 nitrogen and oxygen atoms in total. The molecule has 0 aliphatic carbocycles. The Morgan fingerprint density at radius 3 is 2.29 bits per heavy atom. The van der Waals surface area contributed by atoms with Crippen molar-refractivity contribution in [2.75, 3.05) is 0 Å². The van der Waals surface area contributed by atoms with Crippen molar-refractivity contribution >= 4 is 15.9 Å². The summed E-state index contributed by atoms with van der Waals surface area (Å²) in [6.45, 7) is 0. The molecule has 0 unspecified atom stereocenters. The van der Waals surface area contributed by atoms with Crippen LogP contribution in [0.4, 0.5) is 17.6 Å². The van der Waals surface area contributed by atoms with E-state index < -0.39 is 34.6 Å². The number of rotatable bonds is 1. The van der Waals surface area contributed by atoms with Crippen molar-refractivity contribution < 1.29 is 17.6 Å². The van der Waals surface area contributed by atoms with Crippen molar-refractivity contribution in [1.29, 1.82) is 0 Å². The molecule has 1 heterocycles. The van der Waals surface area contributed by atoms with E-state index >= 15 is 0 Å². The van der Waals surface area contributed by atoms with E-state index in [9.17, 15) is 27.2 Å². The van der Waals surface area contributed by atoms with Crippen LogP contribution in [-0.4, -0.2) is 9.13 Å². The maximum absolute atomic E-state index is 13.8. The second-order valence-electron chi connectivity index (χ2n) is 4.14. The first-order valence-electron chi connectivity index (χ1n) is 5.48. The Balaban J connectivity index is 2.82. The first-order valence-corrected chi connectivity index (χ1v) is 6.28. The highest BCUT2D eigenvalue weighted by Gasteiger charge is 2.35. The third kappa shape index (κ3) is 2.78. The zero-order chi connectivity index (χ0) is 15.9. The maximum atomic E-state index is 13.8. The highest BCUT2D eigenvalue weighted by Crippen LogP contribution is 2.27. The van der Waals surface area contributed by atoms with E-state index in [2.05, 4.69) is 15.9 Å². The van der Waals surface area contributed by atoms with Crippen LogP contribution in [0.25, 0.3) is 5.69 Å². The third-order valence-corrected chi connectivity index (χ3v) is 3.25. The van der Waals surface area contributed by atoms with Crippen LogP contribution in [-0.2, 0) is 13.2 Å². The number of hydrogen-bond donors (Lipinski definition) is 0. The standard InChI is InChI=1S/C12H7BrF4N2O2/c1-18-9(12(15,16)17)5-10(20)19(11(18)21)8-3-2-6(13)4-7(8)14/h2-5H,1H3. The summed E-state index contributed by atoms with van der Waals surface area (Å²) in [4.78, 5) is 23.7. The quantitative estimate of drug-likeness (QED) is 0.727. The highest BCUT2D eigenvalue weighted by atomic mass is 79.9. The Labute approximate surface area is 123 Å². The molecule has 0 spiro atoms. The number of halogens is 5. The third-order valence-electron chi connectivity index (χ3n) is 2.76. The topological polar surface area (TPSA) is 44.0 Å². The van der Waals surface area contributed by atoms with Gasteiger partial charge in [-0.15, -0.1) is 0 Å². The van der Waals surface area contributed by atoms with Gasteiger partial charge in [0.05, 0.1) is 5.69 Å². The van der Waals surface area contributed by atoms with E-state index in [4.69, 9.17) is 0 Å². The zero-order valence-electron chi connectivity index (χ0n) is 10.4. The van der Waals surface area contributed by atoms with Crippen LogP contribution in [0.15, 0.2) is 38.3 Å². The molecule has 1 aromatic carbocycles. The van der Waals surface area contributed by atoms with Gasteiger partial charge in [0.15, 0.2) is 0 Å². The van der Waals surface area contributed by atoms with Gasteiger partial charge in [0.25, 0.3) is 5.56 Å². The molecule has 0 saturated carbocycles. The van der Waals surface area contributed by atoms with E-state index in [0.717, 1.165) is 19.2 Å². The van der Waals surface area contributed by atoms with Gasteiger partial charge in [-0.3, -0.25) is 9.36 Å². The number of alkyl halides is 3. The van der Waals surface area contributed by atoms with Gasteiger partial charge in [0.2, 0.25) is 0 Å². The fourth-order valence-electron chi connectivity index (χ4n) is 1.78. The van der Waals surface area contributed by atoms with Gasteiger partial charge >= 0.3 is 11.9 Å². The number of hydrogen-bond acceptors (Lipinski definition) is 2. The Morgan fingerprint density at radius 1 is 1.14 bits per heavy atom. The molecule has 112 valence electrons. The van der Waals surface area contributed by atoms with Crippen LogP contribution in [0.3, 0.4) is 0 Å². The van der Waals surface area contributed by atoms with Crippen LogP contribution < -0.4 is 11.2 Å². The number of benzene rings is 1. The molecule has 0 bridgehead atoms. The largest absolute Gasteiger partial charge is 0.431 e. The van der Waals surface area contributed by atoms with Crippen LogP contribution >= 0.6 is 15.9 Å². The van der Waals surface area contributed by atoms with E-state index in [-0.39, 0.29) is 10.6 Å². The molecule has 0 N–H and O–H groups in total. The van der Waals surface area contributed by atoms with Gasteiger partial charge in [0.1, 0.15) is 11.5 Å². The lowest BCUT2D eigenvalue weighted by atomic mass is 10.3. The molecular weight excluding hydrogens is 360 g/mol. The van der Waals surface area contributed by atoms with Gasteiger partial charge in [-0.05, 0) is 18.2 Å². The minimum atomic E-state index is -4.86. The predicted molar refractivity (Wildman–Crippen MR) is 69.9 cm³/mol. The lowest BCUT2D eigenvalue weighted by Gasteiger charge is -2.14. The van der Waals surface area contributed by atoms with Gasteiger partial charge in [-0.1, -0.05) is 15.9 Å². The Bertz CT molecular complexity index is 823. The summed E-state index contributed by atoms with van der Waals surface area (Å²) >= 11 is 3.00. The molecule has 0 amide bonds. The van der Waals surface area contributed by atoms with Gasteiger partial charge in [-0.25, -0.2) is 13.8 Å². The molecule has 0 saturated heterocycles. The van der Waals surface area contributed by atoms with Crippen molar-refractivity contribution in [3.63, 3.8) is 0 Å². The van der Waals surface area contributed by atoms with Gasteiger partial charge < -0.3 is 0 Å². The molecule has 0 fully saturated rings. The normalized spacial score (nSPS) is 11.7. The SMILES string of the molecule is Cn1c(C(F)(F)F)cc(=O)n(-c2ccc(Br)cc2F)c1=O. The smallest absolute Gasteiger partial charge is 0.292 e. The van der Waals surface area contributed by atoms with Crippen molar-refractivity contribution in [1.82, 2.24) is 9.13 Å². The van der Waals surface area contributed by atoms with Crippen LogP contribution in [0, 0.1) is 5.82 Å². The Kier molecular flexibility index (Phi) is 3.79. The summed E-state index contributed by atoms with van der Waals surface area (Å²) in [5, 5.41) is 0. The van der Waals surface area contributed by atoms with Crippen LogP contribution in [0.1, 0.15) is 5.69 Å². The van der Waals surface area contributed by atoms with Crippen molar-refractivity contribution in [2.45, 2.75) is 6.18 Å². The molecule has 2 rings (SSSR count). The molecule has 0 aliphatic heterocycles. The summed E-state index contributed by atoms with van der Waals surface area (Å²) in [6.07, 6.45) is -4.86. The number of nitrogens with zero attached hydrogens (tertiary/aromatic N) is 2. The number of aromatic nitrogens is 2.